The molecule has 3 aliphatic heterocycles. The molecule has 3 fully saturated rings. The van der Waals surface area contributed by atoms with E-state index in [2.05, 4.69) is 68.1 Å². The highest BCUT2D eigenvalue weighted by atomic mass is 16.2. The van der Waals surface area contributed by atoms with Crippen molar-refractivity contribution in [1.29, 1.82) is 0 Å². The molecule has 1 aromatic heterocycles. The van der Waals surface area contributed by atoms with E-state index in [1.807, 2.05) is 16.6 Å². The van der Waals surface area contributed by atoms with Crippen molar-refractivity contribution in [3.63, 3.8) is 0 Å². The molecule has 1 N–H and O–H groups in total. The monoisotopic (exact) mass is 422 g/mol. The minimum atomic E-state index is 0.146. The maximum atomic E-state index is 12.8. The number of rotatable bonds is 6. The largest absolute Gasteiger partial charge is 0.342 e. The second kappa shape index (κ2) is 8.58. The van der Waals surface area contributed by atoms with Crippen LogP contribution in [0.1, 0.15) is 39.2 Å². The van der Waals surface area contributed by atoms with E-state index in [0.717, 1.165) is 43.7 Å². The van der Waals surface area contributed by atoms with Crippen molar-refractivity contribution in [2.45, 2.75) is 51.6 Å². The molecule has 3 aliphatic rings. The Morgan fingerprint density at radius 3 is 2.68 bits per heavy atom. The fourth-order valence-electron chi connectivity index (χ4n) is 5.25. The van der Waals surface area contributed by atoms with E-state index in [4.69, 9.17) is 0 Å². The second-order valence-corrected chi connectivity index (χ2v) is 10.4. The molecule has 1 aromatic carbocycles. The first-order chi connectivity index (χ1) is 14.8. The summed E-state index contributed by atoms with van der Waals surface area (Å²) in [4.78, 5) is 16.2. The number of piperidine rings is 3. The molecule has 3 saturated heterocycles. The van der Waals surface area contributed by atoms with Gasteiger partial charge in [0, 0.05) is 32.0 Å². The third kappa shape index (κ3) is 4.59. The highest BCUT2D eigenvalue weighted by Crippen LogP contribution is 2.29. The molecule has 31 heavy (non-hydrogen) atoms. The fraction of sp³-hybridized carbons (Fsp3) is 0.560. The molecular formula is C25H36N5O+. The lowest BCUT2D eigenvalue weighted by molar-refractivity contribution is -0.945. The van der Waals surface area contributed by atoms with E-state index in [0.29, 0.717) is 18.5 Å². The summed E-state index contributed by atoms with van der Waals surface area (Å²) in [5.41, 5.74) is 3.49. The van der Waals surface area contributed by atoms with Crippen molar-refractivity contribution >= 4 is 5.91 Å². The van der Waals surface area contributed by atoms with Crippen LogP contribution in [0.15, 0.2) is 43.1 Å². The summed E-state index contributed by atoms with van der Waals surface area (Å²) in [6.45, 7) is 14.0. The number of nitrogens with one attached hydrogen (secondary N) is 1. The average Bonchev–Trinajstić information content (AvgIpc) is 3.22. The molecule has 5 rings (SSSR count). The summed E-state index contributed by atoms with van der Waals surface area (Å²) in [6.07, 6.45) is 6.10. The van der Waals surface area contributed by atoms with Crippen LogP contribution in [-0.2, 0) is 16.8 Å². The number of quaternary nitrogens is 1. The maximum Gasteiger partial charge on any atom is 0.231 e. The lowest BCUT2D eigenvalue weighted by Gasteiger charge is -2.46. The van der Waals surface area contributed by atoms with Crippen molar-refractivity contribution in [2.24, 2.45) is 11.8 Å². The Labute approximate surface area is 185 Å². The summed E-state index contributed by atoms with van der Waals surface area (Å²) in [6, 6.07) is 9.16. The number of hydrogen-bond acceptors (Lipinski definition) is 3. The second-order valence-electron chi connectivity index (χ2n) is 10.4. The Morgan fingerprint density at radius 1 is 1.32 bits per heavy atom. The van der Waals surface area contributed by atoms with E-state index in [9.17, 15) is 4.79 Å². The predicted molar refractivity (Wildman–Crippen MR) is 123 cm³/mol. The molecule has 0 saturated carbocycles. The molecule has 0 aliphatic carbocycles. The highest BCUT2D eigenvalue weighted by Gasteiger charge is 2.47. The normalized spacial score (nSPS) is 25.4. The van der Waals surface area contributed by atoms with E-state index >= 15 is 0 Å². The molecule has 0 spiro atoms. The Kier molecular flexibility index (Phi) is 6.02. The van der Waals surface area contributed by atoms with Crippen LogP contribution in [0, 0.1) is 11.8 Å². The zero-order valence-corrected chi connectivity index (χ0v) is 19.3. The van der Waals surface area contributed by atoms with Crippen LogP contribution < -0.4 is 4.90 Å². The fourth-order valence-corrected chi connectivity index (χ4v) is 5.25. The van der Waals surface area contributed by atoms with Crippen LogP contribution in [0.25, 0.3) is 11.3 Å². The lowest BCUT2D eigenvalue weighted by Crippen LogP contribution is -3.20. The van der Waals surface area contributed by atoms with Gasteiger partial charge in [0.25, 0.3) is 0 Å². The van der Waals surface area contributed by atoms with Crippen LogP contribution >= 0.6 is 0 Å². The van der Waals surface area contributed by atoms with Gasteiger partial charge < -0.3 is 9.80 Å². The smallest absolute Gasteiger partial charge is 0.231 e. The van der Waals surface area contributed by atoms with E-state index < -0.39 is 0 Å². The molecule has 6 heteroatoms. The summed E-state index contributed by atoms with van der Waals surface area (Å²) in [5.74, 6) is 0.912. The Morgan fingerprint density at radius 2 is 2.06 bits per heavy atom. The third-order valence-corrected chi connectivity index (χ3v) is 7.14. The van der Waals surface area contributed by atoms with Gasteiger partial charge in [0.1, 0.15) is 11.7 Å². The maximum absolute atomic E-state index is 12.8. The summed E-state index contributed by atoms with van der Waals surface area (Å²) < 4.78 is 1.99. The number of nitrogens with zero attached hydrogens (tertiary/aromatic N) is 4. The number of carbonyl (C=O) groups excluding carboxylic acids is 1. The van der Waals surface area contributed by atoms with Crippen LogP contribution in [0.2, 0.25) is 0 Å². The summed E-state index contributed by atoms with van der Waals surface area (Å²) in [7, 11) is 1.89. The topological polar surface area (TPSA) is 55.5 Å². The molecule has 1 amide bonds. The Balaban J connectivity index is 1.40. The van der Waals surface area contributed by atoms with Gasteiger partial charge in [-0.3, -0.25) is 4.79 Å². The van der Waals surface area contributed by atoms with E-state index in [-0.39, 0.29) is 17.2 Å². The number of benzene rings is 1. The average molecular weight is 423 g/mol. The first-order valence-electron chi connectivity index (χ1n) is 11.5. The number of fused-ring (bicyclic) bond motifs is 3. The van der Waals surface area contributed by atoms with Gasteiger partial charge in [0.2, 0.25) is 5.91 Å². The zero-order chi connectivity index (χ0) is 22.2. The molecular weight excluding hydrogens is 386 g/mol. The highest BCUT2D eigenvalue weighted by molar-refractivity contribution is 5.79. The summed E-state index contributed by atoms with van der Waals surface area (Å²) in [5, 5.41) is 8.84. The first-order valence-corrected chi connectivity index (χ1v) is 11.5. The number of amides is 1. The Bertz CT molecular complexity index is 926. The molecule has 2 bridgehead atoms. The van der Waals surface area contributed by atoms with Crippen molar-refractivity contribution in [3.8, 4) is 11.3 Å². The third-order valence-electron chi connectivity index (χ3n) is 7.14. The van der Waals surface area contributed by atoms with Gasteiger partial charge >= 0.3 is 0 Å². The lowest BCUT2D eigenvalue weighted by atomic mass is 9.75. The zero-order valence-electron chi connectivity index (χ0n) is 19.3. The van der Waals surface area contributed by atoms with Crippen LogP contribution in [0.4, 0.5) is 0 Å². The van der Waals surface area contributed by atoms with Crippen molar-refractivity contribution in [1.82, 2.24) is 19.9 Å². The van der Waals surface area contributed by atoms with Gasteiger partial charge in [0.05, 0.1) is 31.7 Å². The van der Waals surface area contributed by atoms with Gasteiger partial charge in [-0.05, 0) is 16.9 Å². The molecule has 6 nitrogen and oxygen atoms in total. The van der Waals surface area contributed by atoms with Crippen LogP contribution in [0.3, 0.4) is 0 Å². The van der Waals surface area contributed by atoms with Gasteiger partial charge in [-0.15, -0.1) is 11.7 Å². The molecule has 166 valence electrons. The first kappa shape index (κ1) is 21.8. The van der Waals surface area contributed by atoms with Crippen molar-refractivity contribution in [3.05, 3.63) is 48.7 Å². The number of carbonyl (C=O) groups is 1. The predicted octanol–water partition coefficient (Wildman–Crippen LogP) is 2.18. The SMILES string of the molecule is C=CCN(C)C(=O)[C@H]1C[NH+]2CC[C@H]1C[C@@H]2Cn1cc(-c2ccc(C(C)(C)C)cc2)nn1. The molecule has 1 unspecified atom stereocenters. The van der Waals surface area contributed by atoms with Gasteiger partial charge in [-0.25, -0.2) is 4.68 Å². The van der Waals surface area contributed by atoms with Crippen LogP contribution in [0.5, 0.6) is 0 Å². The molecule has 4 heterocycles. The van der Waals surface area contributed by atoms with E-state index in [1.165, 1.54) is 5.56 Å². The number of hydrogen-bond donors (Lipinski definition) is 1. The van der Waals surface area contributed by atoms with E-state index in [1.54, 1.807) is 11.0 Å². The molecule has 4 atom stereocenters. The van der Waals surface area contributed by atoms with Gasteiger partial charge in [-0.1, -0.05) is 56.3 Å². The number of likely N-dealkylation sites (N-methyl/N-ethyl adjacent to an activating group) is 1. The van der Waals surface area contributed by atoms with Gasteiger partial charge in [0.15, 0.2) is 0 Å². The minimum absolute atomic E-state index is 0.146. The summed E-state index contributed by atoms with van der Waals surface area (Å²) >= 11 is 0. The quantitative estimate of drug-likeness (QED) is 0.726. The molecule has 0 radical (unpaired) electrons. The van der Waals surface area contributed by atoms with Crippen molar-refractivity contribution < 1.29 is 9.69 Å². The standard InChI is InChI=1S/C25H35N5O/c1-6-12-28(5)24(31)22-16-29-13-11-19(22)14-21(29)15-30-17-23(26-27-30)18-7-9-20(10-8-18)25(2,3)4/h6-10,17,19,21-22H,1,11-16H2,2-5H3/p+1/t19-,21+,22-/m0/s1. The number of aromatic nitrogens is 3. The van der Waals surface area contributed by atoms with Crippen LogP contribution in [-0.4, -0.2) is 58.5 Å². The Hall–Kier alpha value is -2.47. The molecule has 2 aromatic rings. The van der Waals surface area contributed by atoms with Gasteiger partial charge in [-0.2, -0.15) is 0 Å². The minimum Gasteiger partial charge on any atom is -0.342 e. The van der Waals surface area contributed by atoms with Crippen molar-refractivity contribution in [2.75, 3.05) is 26.7 Å².